The fourth-order valence-corrected chi connectivity index (χ4v) is 1.72. The van der Waals surface area contributed by atoms with Crippen molar-refractivity contribution in [3.05, 3.63) is 72.3 Å². The number of unbranched alkanes of at least 4 members (excludes halogenated alkanes) is 1. The monoisotopic (exact) mass is 317 g/mol. The summed E-state index contributed by atoms with van der Waals surface area (Å²) >= 11 is 3.11. The van der Waals surface area contributed by atoms with Crippen LogP contribution in [0.5, 0.6) is 0 Å². The van der Waals surface area contributed by atoms with E-state index in [9.17, 15) is 0 Å². The molecule has 0 aliphatic carbocycles. The maximum absolute atomic E-state index is 3.11. The second kappa shape index (κ2) is 10.4. The number of hydrogen-bond donors (Lipinski definition) is 1. The van der Waals surface area contributed by atoms with Crippen LogP contribution in [0.1, 0.15) is 25.3 Å². The fraction of sp³-hybridized carbons (Fsp3) is 0.176. The third-order valence-electron chi connectivity index (χ3n) is 2.45. The van der Waals surface area contributed by atoms with Crippen molar-refractivity contribution in [1.82, 2.24) is 0 Å². The van der Waals surface area contributed by atoms with Gasteiger partial charge in [0.25, 0.3) is 0 Å². The average Bonchev–Trinajstić information content (AvgIpc) is 2.50. The number of nitrogens with one attached hydrogen (secondary N) is 1. The predicted molar refractivity (Wildman–Crippen MR) is 89.4 cm³/mol. The van der Waals surface area contributed by atoms with Crippen molar-refractivity contribution < 1.29 is 0 Å². The van der Waals surface area contributed by atoms with Gasteiger partial charge in [-0.25, -0.2) is 0 Å². The number of benzene rings is 2. The summed E-state index contributed by atoms with van der Waals surface area (Å²) in [5.74, 6) is 0. The third-order valence-corrected chi connectivity index (χ3v) is 2.91. The van der Waals surface area contributed by atoms with Gasteiger partial charge in [0.15, 0.2) is 0 Å². The van der Waals surface area contributed by atoms with E-state index in [4.69, 9.17) is 0 Å². The van der Waals surface area contributed by atoms with Crippen LogP contribution in [0.15, 0.2) is 66.7 Å². The van der Waals surface area contributed by atoms with Gasteiger partial charge in [0.1, 0.15) is 0 Å². The summed E-state index contributed by atoms with van der Waals surface area (Å²) in [4.78, 5) is 0. The molecule has 2 aromatic rings. The molecule has 2 aromatic carbocycles. The average molecular weight is 318 g/mol. The molecule has 1 N–H and O–H groups in total. The SMILES string of the molecule is BrNc1ccccc1.CCCC=Cc1ccccc1. The third kappa shape index (κ3) is 7.47. The van der Waals surface area contributed by atoms with Gasteiger partial charge in [-0.2, -0.15) is 0 Å². The molecule has 2 heteroatoms. The van der Waals surface area contributed by atoms with E-state index in [1.807, 2.05) is 36.4 Å². The molecule has 1 nitrogen and oxygen atoms in total. The molecule has 0 bridgehead atoms. The number of para-hydroxylation sites is 1. The minimum Gasteiger partial charge on any atom is -0.322 e. The van der Waals surface area contributed by atoms with E-state index in [0.717, 1.165) is 5.69 Å². The van der Waals surface area contributed by atoms with Gasteiger partial charge in [-0.05, 0) is 24.1 Å². The first kappa shape index (κ1) is 15.5. The quantitative estimate of drug-likeness (QED) is 0.691. The minimum atomic E-state index is 1.08. The molecule has 0 fully saturated rings. The highest BCUT2D eigenvalue weighted by molar-refractivity contribution is 9.10. The second-order valence-electron chi connectivity index (χ2n) is 4.06. The van der Waals surface area contributed by atoms with Crippen molar-refractivity contribution in [1.29, 1.82) is 0 Å². The summed E-state index contributed by atoms with van der Waals surface area (Å²) in [7, 11) is 0. The van der Waals surface area contributed by atoms with Gasteiger partial charge in [-0.3, -0.25) is 0 Å². The maximum Gasteiger partial charge on any atom is 0.0465 e. The summed E-state index contributed by atoms with van der Waals surface area (Å²) in [6, 6.07) is 20.3. The Morgan fingerprint density at radius 3 is 2.00 bits per heavy atom. The van der Waals surface area contributed by atoms with Crippen molar-refractivity contribution in [2.24, 2.45) is 0 Å². The first-order valence-corrected chi connectivity index (χ1v) is 7.29. The van der Waals surface area contributed by atoms with E-state index in [1.54, 1.807) is 0 Å². The molecule has 100 valence electrons. The molecule has 0 aliphatic heterocycles. The zero-order valence-corrected chi connectivity index (χ0v) is 12.8. The number of rotatable bonds is 4. The summed E-state index contributed by atoms with van der Waals surface area (Å²) in [5, 5.41) is 0. The molecule has 0 heterocycles. The smallest absolute Gasteiger partial charge is 0.0465 e. The highest BCUT2D eigenvalue weighted by atomic mass is 79.9. The van der Waals surface area contributed by atoms with Crippen LogP contribution in [0, 0.1) is 0 Å². The fourth-order valence-electron chi connectivity index (χ4n) is 1.45. The lowest BCUT2D eigenvalue weighted by atomic mass is 10.2. The Bertz CT molecular complexity index is 451. The zero-order chi connectivity index (χ0) is 13.8. The van der Waals surface area contributed by atoms with Gasteiger partial charge in [0.05, 0.1) is 0 Å². The van der Waals surface area contributed by atoms with Gasteiger partial charge >= 0.3 is 0 Å². The van der Waals surface area contributed by atoms with Crippen LogP contribution in [-0.4, -0.2) is 0 Å². The maximum atomic E-state index is 3.11. The highest BCUT2D eigenvalue weighted by Gasteiger charge is 1.80. The van der Waals surface area contributed by atoms with Gasteiger partial charge in [-0.1, -0.05) is 74.0 Å². The largest absolute Gasteiger partial charge is 0.322 e. The molecule has 0 aliphatic rings. The number of allylic oxidation sites excluding steroid dienone is 1. The zero-order valence-electron chi connectivity index (χ0n) is 11.2. The first-order chi connectivity index (χ1) is 9.36. The van der Waals surface area contributed by atoms with Crippen LogP contribution in [-0.2, 0) is 0 Å². The molecule has 0 spiro atoms. The first-order valence-electron chi connectivity index (χ1n) is 6.50. The van der Waals surface area contributed by atoms with E-state index in [2.05, 4.69) is 63.8 Å². The topological polar surface area (TPSA) is 12.0 Å². The Morgan fingerprint density at radius 2 is 1.53 bits per heavy atom. The lowest BCUT2D eigenvalue weighted by Crippen LogP contribution is -1.74. The molecule has 0 amide bonds. The molecule has 0 radical (unpaired) electrons. The lowest BCUT2D eigenvalue weighted by Gasteiger charge is -1.91. The Morgan fingerprint density at radius 1 is 0.947 bits per heavy atom. The van der Waals surface area contributed by atoms with Crippen molar-refractivity contribution in [3.63, 3.8) is 0 Å². The molecule has 0 saturated heterocycles. The Hall–Kier alpha value is -1.54. The van der Waals surface area contributed by atoms with E-state index < -0.39 is 0 Å². The van der Waals surface area contributed by atoms with E-state index in [0.29, 0.717) is 0 Å². The second-order valence-corrected chi connectivity index (χ2v) is 4.46. The summed E-state index contributed by atoms with van der Waals surface area (Å²) < 4.78 is 2.84. The standard InChI is InChI=1S/C11H14.C6H6BrN/c1-2-3-5-8-11-9-6-4-7-10-11;7-8-6-4-2-1-3-5-6/h4-10H,2-3H2,1H3;1-5,8H. The Balaban J connectivity index is 0.000000200. The van der Waals surface area contributed by atoms with Gasteiger partial charge < -0.3 is 4.34 Å². The molecule has 0 saturated carbocycles. The van der Waals surface area contributed by atoms with E-state index in [1.165, 1.54) is 18.4 Å². The van der Waals surface area contributed by atoms with Gasteiger partial charge in [0, 0.05) is 21.8 Å². The molecule has 0 atom stereocenters. The van der Waals surface area contributed by atoms with Crippen molar-refractivity contribution >= 4 is 27.9 Å². The van der Waals surface area contributed by atoms with Crippen LogP contribution >= 0.6 is 16.1 Å². The minimum absolute atomic E-state index is 1.08. The number of anilines is 1. The van der Waals surface area contributed by atoms with Crippen molar-refractivity contribution in [3.8, 4) is 0 Å². The van der Waals surface area contributed by atoms with Crippen molar-refractivity contribution in [2.45, 2.75) is 19.8 Å². The predicted octanol–water partition coefficient (Wildman–Crippen LogP) is 5.91. The highest BCUT2D eigenvalue weighted by Crippen LogP contribution is 2.05. The van der Waals surface area contributed by atoms with Gasteiger partial charge in [-0.15, -0.1) is 0 Å². The molecule has 0 unspecified atom stereocenters. The van der Waals surface area contributed by atoms with Crippen LogP contribution < -0.4 is 4.34 Å². The number of hydrogen-bond acceptors (Lipinski definition) is 1. The van der Waals surface area contributed by atoms with Crippen LogP contribution in [0.3, 0.4) is 0 Å². The lowest BCUT2D eigenvalue weighted by molar-refractivity contribution is 0.962. The Kier molecular flexibility index (Phi) is 8.48. The van der Waals surface area contributed by atoms with Gasteiger partial charge in [0.2, 0.25) is 0 Å². The summed E-state index contributed by atoms with van der Waals surface area (Å²) in [5.41, 5.74) is 2.37. The van der Waals surface area contributed by atoms with Crippen LogP contribution in [0.25, 0.3) is 6.08 Å². The summed E-state index contributed by atoms with van der Waals surface area (Å²) in [6.07, 6.45) is 6.79. The van der Waals surface area contributed by atoms with Crippen molar-refractivity contribution in [2.75, 3.05) is 4.34 Å². The summed E-state index contributed by atoms with van der Waals surface area (Å²) in [6.45, 7) is 2.19. The Labute approximate surface area is 124 Å². The molecular weight excluding hydrogens is 298 g/mol. The normalized spacial score (nSPS) is 9.79. The van der Waals surface area contributed by atoms with E-state index >= 15 is 0 Å². The molecule has 0 aromatic heterocycles. The van der Waals surface area contributed by atoms with E-state index in [-0.39, 0.29) is 0 Å². The number of halogens is 1. The van der Waals surface area contributed by atoms with Crippen LogP contribution in [0.2, 0.25) is 0 Å². The van der Waals surface area contributed by atoms with Crippen LogP contribution in [0.4, 0.5) is 5.69 Å². The molecule has 2 rings (SSSR count). The molecular formula is C17H20BrN. The molecule has 19 heavy (non-hydrogen) atoms.